The van der Waals surface area contributed by atoms with Crippen molar-refractivity contribution in [2.24, 2.45) is 0 Å². The monoisotopic (exact) mass is 298 g/mol. The molecule has 0 aliphatic heterocycles. The summed E-state index contributed by atoms with van der Waals surface area (Å²) in [7, 11) is 0. The minimum atomic E-state index is -0.352. The van der Waals surface area contributed by atoms with Gasteiger partial charge in [-0.2, -0.15) is 0 Å². The molecule has 1 N–H and O–H groups in total. The Morgan fingerprint density at radius 3 is 2.94 bits per heavy atom. The SMILES string of the molecule is C/C=C/CCNCc1cc(Br)ccc1[N+](=O)[O-]. The molecule has 0 aliphatic rings. The van der Waals surface area contributed by atoms with Gasteiger partial charge in [0.1, 0.15) is 0 Å². The van der Waals surface area contributed by atoms with Crippen LogP contribution in [0.15, 0.2) is 34.8 Å². The predicted molar refractivity (Wildman–Crippen MR) is 71.9 cm³/mol. The van der Waals surface area contributed by atoms with E-state index in [2.05, 4.69) is 27.3 Å². The molecule has 1 aromatic rings. The van der Waals surface area contributed by atoms with Crippen molar-refractivity contribution in [1.82, 2.24) is 5.32 Å². The van der Waals surface area contributed by atoms with Crippen molar-refractivity contribution < 1.29 is 4.92 Å². The van der Waals surface area contributed by atoms with E-state index in [1.54, 1.807) is 12.1 Å². The van der Waals surface area contributed by atoms with Crippen molar-refractivity contribution in [2.45, 2.75) is 19.9 Å². The van der Waals surface area contributed by atoms with Gasteiger partial charge in [0.25, 0.3) is 5.69 Å². The van der Waals surface area contributed by atoms with Gasteiger partial charge in [0.15, 0.2) is 0 Å². The molecular formula is C12H15BrN2O2. The van der Waals surface area contributed by atoms with Crippen LogP contribution in [0.5, 0.6) is 0 Å². The summed E-state index contributed by atoms with van der Waals surface area (Å²) in [6.07, 6.45) is 4.98. The first-order chi connectivity index (χ1) is 8.15. The maximum Gasteiger partial charge on any atom is 0.273 e. The maximum atomic E-state index is 10.8. The number of nitrogens with zero attached hydrogens (tertiary/aromatic N) is 1. The lowest BCUT2D eigenvalue weighted by atomic mass is 10.2. The number of hydrogen-bond donors (Lipinski definition) is 1. The number of halogens is 1. The first-order valence-corrected chi connectivity index (χ1v) is 6.19. The third-order valence-corrected chi connectivity index (χ3v) is 2.77. The lowest BCUT2D eigenvalue weighted by Crippen LogP contribution is -2.15. The molecule has 0 fully saturated rings. The van der Waals surface area contributed by atoms with E-state index in [0.29, 0.717) is 12.1 Å². The topological polar surface area (TPSA) is 55.2 Å². The second-order valence-corrected chi connectivity index (χ2v) is 4.48. The van der Waals surface area contributed by atoms with E-state index >= 15 is 0 Å². The minimum absolute atomic E-state index is 0.159. The second kappa shape index (κ2) is 7.19. The molecule has 1 aromatic carbocycles. The van der Waals surface area contributed by atoms with Crippen LogP contribution in [0.25, 0.3) is 0 Å². The Morgan fingerprint density at radius 1 is 1.53 bits per heavy atom. The van der Waals surface area contributed by atoms with Gasteiger partial charge in [-0.25, -0.2) is 0 Å². The lowest BCUT2D eigenvalue weighted by molar-refractivity contribution is -0.385. The van der Waals surface area contributed by atoms with E-state index < -0.39 is 0 Å². The standard InChI is InChI=1S/C12H15BrN2O2/c1-2-3-4-7-14-9-10-8-11(13)5-6-12(10)15(16)17/h2-3,5-6,8,14H,4,7,9H2,1H3/b3-2+. The number of nitro groups is 1. The smallest absolute Gasteiger partial charge is 0.273 e. The molecule has 5 heteroatoms. The molecular weight excluding hydrogens is 284 g/mol. The molecule has 0 saturated heterocycles. The summed E-state index contributed by atoms with van der Waals surface area (Å²) >= 11 is 3.32. The van der Waals surface area contributed by atoms with Crippen LogP contribution in [0.2, 0.25) is 0 Å². The molecule has 17 heavy (non-hydrogen) atoms. The molecule has 4 nitrogen and oxygen atoms in total. The summed E-state index contributed by atoms with van der Waals surface area (Å²) in [5.41, 5.74) is 0.858. The van der Waals surface area contributed by atoms with E-state index in [9.17, 15) is 10.1 Å². The van der Waals surface area contributed by atoms with Gasteiger partial charge in [0, 0.05) is 22.6 Å². The second-order valence-electron chi connectivity index (χ2n) is 3.56. The van der Waals surface area contributed by atoms with Crippen LogP contribution < -0.4 is 5.32 Å². The molecule has 0 atom stereocenters. The van der Waals surface area contributed by atoms with E-state index in [0.717, 1.165) is 17.4 Å². The summed E-state index contributed by atoms with van der Waals surface area (Å²) in [4.78, 5) is 10.5. The van der Waals surface area contributed by atoms with Crippen molar-refractivity contribution in [2.75, 3.05) is 6.54 Å². The number of rotatable bonds is 6. The van der Waals surface area contributed by atoms with E-state index in [1.807, 2.05) is 13.0 Å². The van der Waals surface area contributed by atoms with Crippen molar-refractivity contribution >= 4 is 21.6 Å². The normalized spacial score (nSPS) is 10.9. The van der Waals surface area contributed by atoms with Gasteiger partial charge in [0.2, 0.25) is 0 Å². The predicted octanol–water partition coefficient (Wildman–Crippen LogP) is 3.41. The molecule has 1 rings (SSSR count). The largest absolute Gasteiger partial charge is 0.312 e. The number of nitro benzene ring substituents is 1. The van der Waals surface area contributed by atoms with Gasteiger partial charge in [-0.3, -0.25) is 10.1 Å². The number of hydrogen-bond acceptors (Lipinski definition) is 3. The van der Waals surface area contributed by atoms with E-state index in [-0.39, 0.29) is 10.6 Å². The minimum Gasteiger partial charge on any atom is -0.312 e. The zero-order valence-corrected chi connectivity index (χ0v) is 11.2. The molecule has 0 aliphatic carbocycles. The van der Waals surface area contributed by atoms with Crippen molar-refractivity contribution in [1.29, 1.82) is 0 Å². The fourth-order valence-electron chi connectivity index (χ4n) is 1.45. The van der Waals surface area contributed by atoms with Gasteiger partial charge < -0.3 is 5.32 Å². The average molecular weight is 299 g/mol. The van der Waals surface area contributed by atoms with Crippen molar-refractivity contribution in [3.8, 4) is 0 Å². The molecule has 0 aromatic heterocycles. The van der Waals surface area contributed by atoms with Crippen LogP contribution in [0.1, 0.15) is 18.9 Å². The lowest BCUT2D eigenvalue weighted by Gasteiger charge is -2.05. The first-order valence-electron chi connectivity index (χ1n) is 5.40. The summed E-state index contributed by atoms with van der Waals surface area (Å²) in [6.45, 7) is 3.29. The molecule has 0 amide bonds. The quantitative estimate of drug-likeness (QED) is 0.379. The highest BCUT2D eigenvalue weighted by Gasteiger charge is 2.12. The Balaban J connectivity index is 2.62. The fourth-order valence-corrected chi connectivity index (χ4v) is 1.86. The summed E-state index contributed by atoms with van der Waals surface area (Å²) in [5, 5.41) is 14.0. The van der Waals surface area contributed by atoms with Gasteiger partial charge in [0.05, 0.1) is 4.92 Å². The molecule has 92 valence electrons. The molecule has 0 spiro atoms. The van der Waals surface area contributed by atoms with E-state index in [1.165, 1.54) is 6.07 Å². The van der Waals surface area contributed by atoms with Crippen LogP contribution in [0, 0.1) is 10.1 Å². The van der Waals surface area contributed by atoms with Crippen LogP contribution in [0.4, 0.5) is 5.69 Å². The highest BCUT2D eigenvalue weighted by molar-refractivity contribution is 9.10. The molecule has 0 unspecified atom stereocenters. The zero-order chi connectivity index (χ0) is 12.7. The summed E-state index contributed by atoms with van der Waals surface area (Å²) in [5.74, 6) is 0. The van der Waals surface area contributed by atoms with Crippen LogP contribution in [-0.2, 0) is 6.54 Å². The highest BCUT2D eigenvalue weighted by Crippen LogP contribution is 2.22. The zero-order valence-electron chi connectivity index (χ0n) is 9.65. The third kappa shape index (κ3) is 4.66. The van der Waals surface area contributed by atoms with E-state index in [4.69, 9.17) is 0 Å². The van der Waals surface area contributed by atoms with Crippen molar-refractivity contribution in [3.05, 3.63) is 50.5 Å². The average Bonchev–Trinajstić information content (AvgIpc) is 2.28. The van der Waals surface area contributed by atoms with Crippen LogP contribution in [0.3, 0.4) is 0 Å². The van der Waals surface area contributed by atoms with Crippen LogP contribution >= 0.6 is 15.9 Å². The summed E-state index contributed by atoms with van der Waals surface area (Å²) < 4.78 is 0.855. The fraction of sp³-hybridized carbons (Fsp3) is 0.333. The third-order valence-electron chi connectivity index (χ3n) is 2.28. The Hall–Kier alpha value is -1.20. The molecule has 0 heterocycles. The number of nitrogens with one attached hydrogen (secondary N) is 1. The Labute approximate surface area is 109 Å². The summed E-state index contributed by atoms with van der Waals surface area (Å²) in [6, 6.07) is 4.98. The van der Waals surface area contributed by atoms with Crippen LogP contribution in [-0.4, -0.2) is 11.5 Å². The maximum absolute atomic E-state index is 10.8. The van der Waals surface area contributed by atoms with Crippen molar-refractivity contribution in [3.63, 3.8) is 0 Å². The Bertz CT molecular complexity index is 419. The van der Waals surface area contributed by atoms with Gasteiger partial charge in [-0.1, -0.05) is 28.1 Å². The Morgan fingerprint density at radius 2 is 2.29 bits per heavy atom. The van der Waals surface area contributed by atoms with Gasteiger partial charge in [-0.15, -0.1) is 0 Å². The Kier molecular flexibility index (Phi) is 5.86. The van der Waals surface area contributed by atoms with Gasteiger partial charge >= 0.3 is 0 Å². The number of benzene rings is 1. The van der Waals surface area contributed by atoms with Gasteiger partial charge in [-0.05, 0) is 32.0 Å². The molecule has 0 radical (unpaired) electrons. The molecule has 0 bridgehead atoms. The molecule has 0 saturated carbocycles. The highest BCUT2D eigenvalue weighted by atomic mass is 79.9. The number of allylic oxidation sites excluding steroid dienone is 1. The first kappa shape index (κ1) is 13.9.